The first-order valence-electron chi connectivity index (χ1n) is 8.10. The molecule has 1 aliphatic heterocycles. The summed E-state index contributed by atoms with van der Waals surface area (Å²) in [7, 11) is 5.10. The summed E-state index contributed by atoms with van der Waals surface area (Å²) in [6, 6.07) is 4.67. The Morgan fingerprint density at radius 1 is 1.48 bits per heavy atom. The minimum atomic E-state index is -0.641. The van der Waals surface area contributed by atoms with Gasteiger partial charge in [-0.1, -0.05) is 6.07 Å². The van der Waals surface area contributed by atoms with Gasteiger partial charge in [0.2, 0.25) is 11.1 Å². The number of carbonyl (C=O) groups is 1. The average molecular weight is 364 g/mol. The second-order valence-electron chi connectivity index (χ2n) is 6.38. The van der Waals surface area contributed by atoms with Crippen LogP contribution in [0.15, 0.2) is 18.2 Å². The van der Waals surface area contributed by atoms with Crippen molar-refractivity contribution >= 4 is 28.6 Å². The normalized spacial score (nSPS) is 17.0. The van der Waals surface area contributed by atoms with E-state index in [4.69, 9.17) is 0 Å². The highest BCUT2D eigenvalue weighted by Gasteiger charge is 2.26. The van der Waals surface area contributed by atoms with Crippen molar-refractivity contribution < 1.29 is 13.9 Å². The molecule has 1 atom stereocenters. The molecule has 0 bridgehead atoms. The van der Waals surface area contributed by atoms with Crippen LogP contribution in [0.2, 0.25) is 0 Å². The van der Waals surface area contributed by atoms with Gasteiger partial charge >= 0.3 is 5.97 Å². The van der Waals surface area contributed by atoms with Gasteiger partial charge in [0.15, 0.2) is 0 Å². The van der Waals surface area contributed by atoms with Crippen LogP contribution >= 0.6 is 11.5 Å². The molecule has 25 heavy (non-hydrogen) atoms. The van der Waals surface area contributed by atoms with Gasteiger partial charge in [-0.15, -0.1) is 0 Å². The van der Waals surface area contributed by atoms with E-state index in [0.29, 0.717) is 5.92 Å². The quantitative estimate of drug-likeness (QED) is 0.760. The number of esters is 1. The Bertz CT molecular complexity index is 765. The molecule has 2 heterocycles. The van der Waals surface area contributed by atoms with E-state index < -0.39 is 11.8 Å². The molecule has 0 radical (unpaired) electrons. The lowest BCUT2D eigenvalue weighted by molar-refractivity contribution is 0.0595. The van der Waals surface area contributed by atoms with Gasteiger partial charge in [0, 0.05) is 38.7 Å². The molecular formula is C17H21FN4O2S. The van der Waals surface area contributed by atoms with Gasteiger partial charge in [0.25, 0.3) is 0 Å². The maximum atomic E-state index is 13.7. The lowest BCUT2D eigenvalue weighted by Crippen LogP contribution is -2.20. The molecule has 1 aromatic heterocycles. The Hall–Kier alpha value is -2.22. The van der Waals surface area contributed by atoms with Crippen LogP contribution in [0.3, 0.4) is 0 Å². The van der Waals surface area contributed by atoms with Crippen LogP contribution in [-0.4, -0.2) is 49.6 Å². The lowest BCUT2D eigenvalue weighted by Gasteiger charge is -2.15. The zero-order valence-corrected chi connectivity index (χ0v) is 15.3. The third kappa shape index (κ3) is 3.89. The summed E-state index contributed by atoms with van der Waals surface area (Å²) >= 11 is 1.41. The van der Waals surface area contributed by atoms with Crippen LogP contribution in [0.4, 0.5) is 15.5 Å². The van der Waals surface area contributed by atoms with Crippen molar-refractivity contribution in [3.8, 4) is 0 Å². The Morgan fingerprint density at radius 2 is 2.28 bits per heavy atom. The molecule has 1 aliphatic rings. The average Bonchev–Trinajstić information content (AvgIpc) is 3.25. The smallest absolute Gasteiger partial charge is 0.340 e. The van der Waals surface area contributed by atoms with E-state index in [9.17, 15) is 9.18 Å². The zero-order valence-electron chi connectivity index (χ0n) is 14.5. The Kier molecular flexibility index (Phi) is 5.17. The summed E-state index contributed by atoms with van der Waals surface area (Å²) in [5.74, 6) is -0.0291. The summed E-state index contributed by atoms with van der Waals surface area (Å²) in [5, 5.41) is 0.931. The molecular weight excluding hydrogens is 343 g/mol. The molecule has 1 unspecified atom stereocenters. The first kappa shape index (κ1) is 17.6. The summed E-state index contributed by atoms with van der Waals surface area (Å²) < 4.78 is 22.7. The molecule has 0 aliphatic carbocycles. The fraction of sp³-hybridized carbons (Fsp3) is 0.471. The Morgan fingerprint density at radius 3 is 2.96 bits per heavy atom. The topological polar surface area (TPSA) is 58.6 Å². The highest BCUT2D eigenvalue weighted by atomic mass is 32.1. The molecule has 1 aromatic carbocycles. The molecule has 0 amide bonds. The molecule has 0 spiro atoms. The standard InChI is InChI=1S/C17H21FN4O2S/c1-21(2)16-19-17(25-20-16)22-7-6-12(10-22)8-11-4-5-14(18)13(9-11)15(23)24-3/h4-5,9,12H,6-8,10H2,1-3H3. The monoisotopic (exact) mass is 364 g/mol. The van der Waals surface area contributed by atoms with E-state index in [2.05, 4.69) is 19.0 Å². The number of rotatable bonds is 5. The van der Waals surface area contributed by atoms with Crippen molar-refractivity contribution in [2.24, 2.45) is 5.92 Å². The summed E-state index contributed by atoms with van der Waals surface area (Å²) in [6.45, 7) is 1.81. The summed E-state index contributed by atoms with van der Waals surface area (Å²) in [4.78, 5) is 20.3. The van der Waals surface area contributed by atoms with Gasteiger partial charge in [-0.25, -0.2) is 9.18 Å². The number of ether oxygens (including phenoxy) is 1. The third-order valence-corrected chi connectivity index (χ3v) is 5.09. The van der Waals surface area contributed by atoms with Gasteiger partial charge < -0.3 is 14.5 Å². The van der Waals surface area contributed by atoms with E-state index >= 15 is 0 Å². The van der Waals surface area contributed by atoms with E-state index in [1.165, 1.54) is 24.7 Å². The van der Waals surface area contributed by atoms with Crippen LogP contribution < -0.4 is 9.80 Å². The molecule has 0 saturated carbocycles. The number of hydrogen-bond donors (Lipinski definition) is 0. The molecule has 6 nitrogen and oxygen atoms in total. The van der Waals surface area contributed by atoms with Crippen LogP contribution in [0, 0.1) is 11.7 Å². The number of methoxy groups -OCH3 is 1. The van der Waals surface area contributed by atoms with Crippen LogP contribution in [0.25, 0.3) is 0 Å². The van der Waals surface area contributed by atoms with Gasteiger partial charge in [0.1, 0.15) is 5.82 Å². The van der Waals surface area contributed by atoms with Crippen molar-refractivity contribution in [3.05, 3.63) is 35.1 Å². The molecule has 3 rings (SSSR count). The first-order valence-corrected chi connectivity index (χ1v) is 8.88. The van der Waals surface area contributed by atoms with Gasteiger partial charge in [-0.3, -0.25) is 0 Å². The largest absolute Gasteiger partial charge is 0.465 e. The first-order chi connectivity index (χ1) is 12.0. The van der Waals surface area contributed by atoms with Gasteiger partial charge in [0.05, 0.1) is 12.7 Å². The number of aromatic nitrogens is 2. The zero-order chi connectivity index (χ0) is 18.0. The number of hydrogen-bond acceptors (Lipinski definition) is 7. The predicted molar refractivity (Wildman–Crippen MR) is 96.0 cm³/mol. The highest BCUT2D eigenvalue weighted by molar-refractivity contribution is 7.09. The fourth-order valence-corrected chi connectivity index (χ4v) is 3.76. The van der Waals surface area contributed by atoms with Crippen LogP contribution in [0.5, 0.6) is 0 Å². The van der Waals surface area contributed by atoms with E-state index in [-0.39, 0.29) is 5.56 Å². The summed E-state index contributed by atoms with van der Waals surface area (Å²) in [6.07, 6.45) is 1.82. The molecule has 0 N–H and O–H groups in total. The Balaban J connectivity index is 1.66. The van der Waals surface area contributed by atoms with E-state index in [0.717, 1.165) is 42.6 Å². The number of anilines is 2. The number of benzene rings is 1. The second kappa shape index (κ2) is 7.35. The van der Waals surface area contributed by atoms with Crippen LogP contribution in [-0.2, 0) is 11.2 Å². The molecule has 8 heteroatoms. The molecule has 1 saturated heterocycles. The van der Waals surface area contributed by atoms with Crippen molar-refractivity contribution in [1.29, 1.82) is 0 Å². The minimum Gasteiger partial charge on any atom is -0.465 e. The molecule has 2 aromatic rings. The Labute approximate surface area is 150 Å². The van der Waals surface area contributed by atoms with Crippen molar-refractivity contribution in [1.82, 2.24) is 9.36 Å². The highest BCUT2D eigenvalue weighted by Crippen LogP contribution is 2.29. The number of halogens is 1. The van der Waals surface area contributed by atoms with Gasteiger partial charge in [-0.2, -0.15) is 9.36 Å². The van der Waals surface area contributed by atoms with Gasteiger partial charge in [-0.05, 0) is 36.5 Å². The maximum absolute atomic E-state index is 13.7. The van der Waals surface area contributed by atoms with Crippen molar-refractivity contribution in [2.75, 3.05) is 44.1 Å². The summed E-state index contributed by atoms with van der Waals surface area (Å²) in [5.41, 5.74) is 0.939. The second-order valence-corrected chi connectivity index (χ2v) is 7.11. The number of carbonyl (C=O) groups excluding carboxylic acids is 1. The van der Waals surface area contributed by atoms with E-state index in [1.807, 2.05) is 19.0 Å². The fourth-order valence-electron chi connectivity index (χ4n) is 2.99. The van der Waals surface area contributed by atoms with Crippen LogP contribution in [0.1, 0.15) is 22.3 Å². The molecule has 1 fully saturated rings. The third-order valence-electron chi connectivity index (χ3n) is 4.32. The number of nitrogens with zero attached hydrogens (tertiary/aromatic N) is 4. The minimum absolute atomic E-state index is 0.00500. The lowest BCUT2D eigenvalue weighted by atomic mass is 9.97. The predicted octanol–water partition coefficient (Wildman–Crippen LogP) is 2.60. The van der Waals surface area contributed by atoms with Crippen molar-refractivity contribution in [3.63, 3.8) is 0 Å². The maximum Gasteiger partial charge on any atom is 0.340 e. The van der Waals surface area contributed by atoms with Crippen molar-refractivity contribution in [2.45, 2.75) is 12.8 Å². The SMILES string of the molecule is COC(=O)c1cc(CC2CCN(c3nc(N(C)C)ns3)C2)ccc1F. The van der Waals surface area contributed by atoms with E-state index in [1.54, 1.807) is 12.1 Å². The molecule has 134 valence electrons.